The Hall–Kier alpha value is -1.47. The first kappa shape index (κ1) is 12.0. The molecule has 0 saturated carbocycles. The number of aromatic nitrogens is 3. The zero-order chi connectivity index (χ0) is 12.1. The van der Waals surface area contributed by atoms with E-state index < -0.39 is 5.54 Å². The summed E-state index contributed by atoms with van der Waals surface area (Å²) in [4.78, 5) is 15.9. The third-order valence-electron chi connectivity index (χ3n) is 2.95. The van der Waals surface area contributed by atoms with Crippen molar-refractivity contribution >= 4 is 5.91 Å². The molecule has 1 aromatic rings. The van der Waals surface area contributed by atoms with Gasteiger partial charge in [0, 0.05) is 26.2 Å². The molecule has 0 aliphatic carbocycles. The van der Waals surface area contributed by atoms with Crippen molar-refractivity contribution in [3.63, 3.8) is 0 Å². The van der Waals surface area contributed by atoms with Crippen molar-refractivity contribution in [1.29, 1.82) is 0 Å². The monoisotopic (exact) mass is 239 g/mol. The van der Waals surface area contributed by atoms with Crippen LogP contribution in [0.2, 0.25) is 0 Å². The maximum Gasteiger partial charge on any atom is 0.240 e. The number of nitrogens with one attached hydrogen (secondary N) is 2. The molecular formula is C10H17N5O2. The van der Waals surface area contributed by atoms with Gasteiger partial charge >= 0.3 is 0 Å². The molecule has 0 atom stereocenters. The number of carbonyl (C=O) groups excluding carboxylic acids is 1. The molecule has 7 heteroatoms. The van der Waals surface area contributed by atoms with Crippen LogP contribution in [0.25, 0.3) is 0 Å². The Kier molecular flexibility index (Phi) is 3.70. The van der Waals surface area contributed by atoms with Crippen molar-refractivity contribution in [2.24, 2.45) is 5.73 Å². The molecule has 94 valence electrons. The van der Waals surface area contributed by atoms with Gasteiger partial charge in [0.2, 0.25) is 5.91 Å². The highest BCUT2D eigenvalue weighted by Gasteiger charge is 2.35. The van der Waals surface area contributed by atoms with Crippen molar-refractivity contribution in [2.75, 3.05) is 19.8 Å². The molecule has 1 aromatic heterocycles. The first-order chi connectivity index (χ1) is 8.21. The molecule has 7 nitrogen and oxygen atoms in total. The second kappa shape index (κ2) is 5.24. The molecule has 4 N–H and O–H groups in total. The van der Waals surface area contributed by atoms with E-state index in [1.165, 1.54) is 6.33 Å². The molecule has 0 spiro atoms. The van der Waals surface area contributed by atoms with Gasteiger partial charge in [-0.1, -0.05) is 0 Å². The lowest BCUT2D eigenvalue weighted by atomic mass is 9.90. The highest BCUT2D eigenvalue weighted by atomic mass is 16.5. The van der Waals surface area contributed by atoms with E-state index in [0.717, 1.165) is 5.82 Å². The molecule has 0 bridgehead atoms. The van der Waals surface area contributed by atoms with E-state index >= 15 is 0 Å². The van der Waals surface area contributed by atoms with E-state index in [0.29, 0.717) is 39.0 Å². The largest absolute Gasteiger partial charge is 0.381 e. The van der Waals surface area contributed by atoms with Crippen LogP contribution < -0.4 is 11.1 Å². The predicted octanol–water partition coefficient (Wildman–Crippen LogP) is -1.03. The van der Waals surface area contributed by atoms with E-state index in [4.69, 9.17) is 10.5 Å². The summed E-state index contributed by atoms with van der Waals surface area (Å²) in [7, 11) is 0. The van der Waals surface area contributed by atoms with Crippen LogP contribution in [0, 0.1) is 0 Å². The summed E-state index contributed by atoms with van der Waals surface area (Å²) in [6.45, 7) is 1.60. The highest BCUT2D eigenvalue weighted by Crippen LogP contribution is 2.17. The minimum Gasteiger partial charge on any atom is -0.381 e. The Bertz CT molecular complexity index is 359. The number of nitrogens with two attached hydrogens (primary N) is 1. The minimum absolute atomic E-state index is 0.111. The lowest BCUT2D eigenvalue weighted by Gasteiger charge is -2.31. The summed E-state index contributed by atoms with van der Waals surface area (Å²) < 4.78 is 5.20. The zero-order valence-corrected chi connectivity index (χ0v) is 9.61. The van der Waals surface area contributed by atoms with Crippen LogP contribution in [0.5, 0.6) is 0 Å². The number of nitrogens with zero attached hydrogens (tertiary/aromatic N) is 2. The Morgan fingerprint density at radius 1 is 1.59 bits per heavy atom. The average Bonchev–Trinajstić information content (AvgIpc) is 2.83. The molecule has 1 fully saturated rings. The number of aromatic amines is 1. The number of hydrogen-bond acceptors (Lipinski definition) is 5. The fourth-order valence-corrected chi connectivity index (χ4v) is 1.78. The summed E-state index contributed by atoms with van der Waals surface area (Å²) in [5, 5.41) is 9.29. The molecule has 1 aliphatic heterocycles. The SMILES string of the molecule is NC1(C(=O)NCCc2ncn[nH]2)CCOCC1. The van der Waals surface area contributed by atoms with Crippen molar-refractivity contribution in [2.45, 2.75) is 24.8 Å². The molecule has 1 saturated heterocycles. The first-order valence-corrected chi connectivity index (χ1v) is 5.70. The number of ether oxygens (including phenoxy) is 1. The summed E-state index contributed by atoms with van der Waals surface area (Å²) in [5.74, 6) is 0.642. The standard InChI is InChI=1S/C10H17N5O2/c11-10(2-5-17-6-3-10)9(16)12-4-1-8-13-7-14-15-8/h7H,1-6,11H2,(H,12,16)(H,13,14,15). The first-order valence-electron chi connectivity index (χ1n) is 5.70. The Balaban J connectivity index is 1.76. The van der Waals surface area contributed by atoms with Crippen molar-refractivity contribution < 1.29 is 9.53 Å². The summed E-state index contributed by atoms with van der Waals surface area (Å²) >= 11 is 0. The number of carbonyl (C=O) groups is 1. The second-order valence-electron chi connectivity index (χ2n) is 4.21. The van der Waals surface area contributed by atoms with E-state index in [1.807, 2.05) is 0 Å². The van der Waals surface area contributed by atoms with Gasteiger partial charge in [0.25, 0.3) is 0 Å². The maximum absolute atomic E-state index is 11.9. The van der Waals surface area contributed by atoms with Crippen LogP contribution in [0.15, 0.2) is 6.33 Å². The molecule has 2 rings (SSSR count). The summed E-state index contributed by atoms with van der Waals surface area (Å²) in [6, 6.07) is 0. The molecule has 1 aliphatic rings. The predicted molar refractivity (Wildman–Crippen MR) is 60.1 cm³/mol. The Morgan fingerprint density at radius 3 is 3.00 bits per heavy atom. The van der Waals surface area contributed by atoms with Gasteiger partial charge in [-0.2, -0.15) is 5.10 Å². The Labute approximate surface area is 99.1 Å². The molecule has 0 radical (unpaired) electrons. The van der Waals surface area contributed by atoms with E-state index in [2.05, 4.69) is 20.5 Å². The normalized spacial score (nSPS) is 18.9. The number of H-pyrrole nitrogens is 1. The molecular weight excluding hydrogens is 222 g/mol. The quantitative estimate of drug-likeness (QED) is 0.623. The molecule has 0 aromatic carbocycles. The number of amides is 1. The van der Waals surface area contributed by atoms with E-state index in [9.17, 15) is 4.79 Å². The molecule has 0 unspecified atom stereocenters. The van der Waals surface area contributed by atoms with Gasteiger partial charge in [0.05, 0.1) is 5.54 Å². The van der Waals surface area contributed by atoms with Gasteiger partial charge in [0.1, 0.15) is 12.2 Å². The third-order valence-corrected chi connectivity index (χ3v) is 2.95. The van der Waals surface area contributed by atoms with Gasteiger partial charge < -0.3 is 15.8 Å². The number of rotatable bonds is 4. The van der Waals surface area contributed by atoms with Crippen LogP contribution in [0.3, 0.4) is 0 Å². The number of hydrogen-bond donors (Lipinski definition) is 3. The van der Waals surface area contributed by atoms with E-state index in [1.54, 1.807) is 0 Å². The second-order valence-corrected chi connectivity index (χ2v) is 4.21. The third kappa shape index (κ3) is 3.01. The summed E-state index contributed by atoms with van der Waals surface area (Å²) in [5.41, 5.74) is 5.26. The Morgan fingerprint density at radius 2 is 2.35 bits per heavy atom. The van der Waals surface area contributed by atoms with Crippen LogP contribution in [-0.2, 0) is 16.0 Å². The van der Waals surface area contributed by atoms with Crippen LogP contribution in [0.1, 0.15) is 18.7 Å². The van der Waals surface area contributed by atoms with E-state index in [-0.39, 0.29) is 5.91 Å². The fraction of sp³-hybridized carbons (Fsp3) is 0.700. The van der Waals surface area contributed by atoms with Crippen molar-refractivity contribution in [1.82, 2.24) is 20.5 Å². The van der Waals surface area contributed by atoms with Gasteiger partial charge in [-0.05, 0) is 12.8 Å². The van der Waals surface area contributed by atoms with Gasteiger partial charge in [0.15, 0.2) is 0 Å². The lowest BCUT2D eigenvalue weighted by molar-refractivity contribution is -0.129. The highest BCUT2D eigenvalue weighted by molar-refractivity contribution is 5.86. The smallest absolute Gasteiger partial charge is 0.240 e. The van der Waals surface area contributed by atoms with Crippen molar-refractivity contribution in [3.05, 3.63) is 12.2 Å². The van der Waals surface area contributed by atoms with Crippen molar-refractivity contribution in [3.8, 4) is 0 Å². The molecule has 2 heterocycles. The van der Waals surface area contributed by atoms with Gasteiger partial charge in [-0.15, -0.1) is 0 Å². The fourth-order valence-electron chi connectivity index (χ4n) is 1.78. The van der Waals surface area contributed by atoms with Gasteiger partial charge in [-0.3, -0.25) is 9.89 Å². The van der Waals surface area contributed by atoms with Crippen LogP contribution in [-0.4, -0.2) is 46.4 Å². The lowest BCUT2D eigenvalue weighted by Crippen LogP contribution is -2.57. The molecule has 17 heavy (non-hydrogen) atoms. The van der Waals surface area contributed by atoms with Gasteiger partial charge in [-0.25, -0.2) is 4.98 Å². The molecule has 1 amide bonds. The topological polar surface area (TPSA) is 106 Å². The minimum atomic E-state index is -0.778. The zero-order valence-electron chi connectivity index (χ0n) is 9.61. The van der Waals surface area contributed by atoms with Crippen LogP contribution >= 0.6 is 0 Å². The maximum atomic E-state index is 11.9. The van der Waals surface area contributed by atoms with Crippen LogP contribution in [0.4, 0.5) is 0 Å². The average molecular weight is 239 g/mol. The summed E-state index contributed by atoms with van der Waals surface area (Å²) in [6.07, 6.45) is 3.21.